The van der Waals surface area contributed by atoms with Crippen LogP contribution in [-0.2, 0) is 43.1 Å². The smallest absolute Gasteiger partial charge is 0.264 e. The average Bonchev–Trinajstić information content (AvgIpc) is 3.73. The van der Waals surface area contributed by atoms with Gasteiger partial charge in [0.25, 0.3) is 14.9 Å². The van der Waals surface area contributed by atoms with Crippen molar-refractivity contribution in [1.29, 1.82) is 0 Å². The van der Waals surface area contributed by atoms with Gasteiger partial charge in [-0.3, -0.25) is 9.13 Å². The monoisotopic (exact) mass is 740 g/mol. The fourth-order valence-corrected chi connectivity index (χ4v) is 8.75. The molecule has 0 aliphatic carbocycles. The summed E-state index contributed by atoms with van der Waals surface area (Å²) < 4.78 is 95.5. The number of halogens is 4. The lowest BCUT2D eigenvalue weighted by atomic mass is 10.1. The van der Waals surface area contributed by atoms with Crippen molar-refractivity contribution in [2.45, 2.75) is 62.1 Å². The number of imidazole rings is 1. The summed E-state index contributed by atoms with van der Waals surface area (Å²) in [5.74, 6) is 0. The Bertz CT molecular complexity index is 2010. The van der Waals surface area contributed by atoms with Crippen LogP contribution in [0.25, 0.3) is 22.1 Å². The van der Waals surface area contributed by atoms with Gasteiger partial charge in [0, 0.05) is 18.4 Å². The molecule has 3 saturated heterocycles. The molecule has 0 amide bonds. The van der Waals surface area contributed by atoms with E-state index in [2.05, 4.69) is 20.4 Å². The first-order valence-corrected chi connectivity index (χ1v) is 18.8. The summed E-state index contributed by atoms with van der Waals surface area (Å²) in [6.07, 6.45) is -8.85. The van der Waals surface area contributed by atoms with Gasteiger partial charge in [-0.1, -0.05) is 23.2 Å². The molecule has 8 rings (SSSR count). The summed E-state index contributed by atoms with van der Waals surface area (Å²) in [4.78, 5) is 8.61. The Morgan fingerprint density at radius 3 is 2.29 bits per heavy atom. The molecule has 3 aromatic heterocycles. The van der Waals surface area contributed by atoms with Crippen molar-refractivity contribution in [2.24, 2.45) is 0 Å². The molecule has 7 heterocycles. The minimum absolute atomic E-state index is 0.182. The summed E-state index contributed by atoms with van der Waals surface area (Å²) in [5, 5.41) is 9.02. The molecule has 4 unspecified atom stereocenters. The van der Waals surface area contributed by atoms with Gasteiger partial charge >= 0.3 is 0 Å². The third-order valence-electron chi connectivity index (χ3n) is 8.61. The van der Waals surface area contributed by atoms with Gasteiger partial charge in [0.1, 0.15) is 24.4 Å². The van der Waals surface area contributed by atoms with Gasteiger partial charge in [-0.05, 0) is 31.0 Å². The number of pyridine rings is 1. The normalized spacial score (nSPS) is 37.3. The van der Waals surface area contributed by atoms with E-state index in [1.807, 2.05) is 0 Å². The molecule has 0 saturated carbocycles. The second-order valence-electron chi connectivity index (χ2n) is 11.7. The van der Waals surface area contributed by atoms with E-state index in [-0.39, 0.29) is 10.0 Å². The van der Waals surface area contributed by atoms with Crippen LogP contribution in [0.4, 0.5) is 14.5 Å². The number of aryl methyl sites for hydroxylation is 1. The number of ether oxygens (including phenoxy) is 2. The fraction of sp³-hybridized carbons (Fsp3) is 0.500. The van der Waals surface area contributed by atoms with Gasteiger partial charge in [0.05, 0.1) is 51.7 Å². The van der Waals surface area contributed by atoms with Gasteiger partial charge in [-0.25, -0.2) is 23.4 Å². The highest BCUT2D eigenvalue weighted by atomic mass is 35.5. The molecular formula is C26H24B2Cl2F2N6O8P2. The maximum Gasteiger partial charge on any atom is 0.264 e. The predicted molar refractivity (Wildman–Crippen MR) is 170 cm³/mol. The maximum absolute atomic E-state index is 16.3. The zero-order valence-corrected chi connectivity index (χ0v) is 27.9. The van der Waals surface area contributed by atoms with Crippen molar-refractivity contribution >= 4 is 81.0 Å². The Morgan fingerprint density at radius 2 is 1.58 bits per heavy atom. The van der Waals surface area contributed by atoms with Gasteiger partial charge in [-0.2, -0.15) is 5.10 Å². The third-order valence-corrected chi connectivity index (χ3v) is 11.4. The van der Waals surface area contributed by atoms with Gasteiger partial charge in [0.15, 0.2) is 30.4 Å². The van der Waals surface area contributed by atoms with E-state index in [0.29, 0.717) is 34.2 Å². The van der Waals surface area contributed by atoms with Crippen molar-refractivity contribution in [2.75, 3.05) is 25.1 Å². The molecule has 48 heavy (non-hydrogen) atoms. The molecule has 4 aromatic rings. The second-order valence-corrected chi connectivity index (χ2v) is 15.6. The molecule has 0 bridgehead atoms. The van der Waals surface area contributed by atoms with E-state index < -0.39 is 77.4 Å². The largest absolute Gasteiger partial charge is 0.384 e. The van der Waals surface area contributed by atoms with E-state index in [1.54, 1.807) is 12.3 Å². The first-order chi connectivity index (χ1) is 22.9. The Kier molecular flexibility index (Phi) is 8.47. The van der Waals surface area contributed by atoms with Crippen LogP contribution in [0.15, 0.2) is 30.7 Å². The predicted octanol–water partition coefficient (Wildman–Crippen LogP) is 4.99. The second kappa shape index (κ2) is 12.3. The highest BCUT2D eigenvalue weighted by Crippen LogP contribution is 2.54. The van der Waals surface area contributed by atoms with Crippen LogP contribution in [0.5, 0.6) is 0 Å². The zero-order valence-electron chi connectivity index (χ0n) is 24.6. The van der Waals surface area contributed by atoms with Crippen LogP contribution in [0, 0.1) is 0 Å². The lowest BCUT2D eigenvalue weighted by Gasteiger charge is -2.29. The topological polar surface area (TPSA) is 150 Å². The quantitative estimate of drug-likeness (QED) is 0.218. The SMILES string of the molecule is [B]P1(=O)OC[C@H]2O[C@@H](n3cnc4cc(Cl)c(Cl)cc43)C(F)[C@H]2OP([B])(=O)OC[C@H]2O[C@@H](n3nc4c5c(ccnc53)NCCC4)[C@@H](F)C2O1. The van der Waals surface area contributed by atoms with E-state index in [9.17, 15) is 9.13 Å². The van der Waals surface area contributed by atoms with E-state index >= 15 is 8.78 Å². The molecule has 250 valence electrons. The number of nitrogens with zero attached hydrogens (tertiary/aromatic N) is 5. The van der Waals surface area contributed by atoms with Crippen LogP contribution in [-0.4, -0.2) is 96.0 Å². The van der Waals surface area contributed by atoms with Crippen LogP contribution in [0.1, 0.15) is 24.6 Å². The van der Waals surface area contributed by atoms with Crippen LogP contribution in [0.2, 0.25) is 10.0 Å². The van der Waals surface area contributed by atoms with Crippen molar-refractivity contribution < 1.29 is 45.5 Å². The third kappa shape index (κ3) is 5.81. The Hall–Kier alpha value is -2.10. The minimum atomic E-state index is -4.59. The van der Waals surface area contributed by atoms with E-state index in [4.69, 9.17) is 65.9 Å². The Morgan fingerprint density at radius 1 is 0.938 bits per heavy atom. The number of rotatable bonds is 2. The first-order valence-electron chi connectivity index (χ1n) is 14.8. The average molecular weight is 741 g/mol. The maximum atomic E-state index is 16.3. The number of fused-ring (bicyclic) bond motifs is 3. The molecule has 0 spiro atoms. The highest BCUT2D eigenvalue weighted by molar-refractivity contribution is 7.79. The number of hydrogen-bond donors (Lipinski definition) is 1. The van der Waals surface area contributed by atoms with Crippen molar-refractivity contribution in [3.8, 4) is 0 Å². The molecule has 4 aliphatic rings. The first kappa shape index (κ1) is 33.1. The highest BCUT2D eigenvalue weighted by Gasteiger charge is 2.54. The van der Waals surface area contributed by atoms with E-state index in [0.717, 1.165) is 18.7 Å². The molecule has 22 heteroatoms. The standard InChI is InChI=1S/C26H24B2Cl2F2N6O8P2/c27-47(39)42-9-18-23(21(32)26(44-18)38-24-19-13(3-5-34-24)33-4-1-2-14(19)36-38)46-48(28,40)41-8-17-22(45-47)20(31)25(43-17)37-10-35-15-6-11(29)12(30)7-16(15)37/h3,5-7,10,17-18,20-23,25-26,33H,1-2,4,8-9H2/t17-,18-,20?,21+,22+,23?,25-,26-,47?,48?/m1/s1. The number of anilines is 1. The molecule has 1 N–H and O–H groups in total. The number of benzene rings is 1. The molecule has 4 radical (unpaired) electrons. The number of nitrogens with one attached hydrogen (secondary N) is 1. The van der Waals surface area contributed by atoms with Crippen LogP contribution < -0.4 is 5.32 Å². The Labute approximate surface area is 283 Å². The fourth-order valence-electron chi connectivity index (χ4n) is 6.42. The molecule has 10 atom stereocenters. The minimum Gasteiger partial charge on any atom is -0.384 e. The molecule has 1 aromatic carbocycles. The molecular weight excluding hydrogens is 717 g/mol. The number of hydrogen-bond acceptors (Lipinski definition) is 12. The van der Waals surface area contributed by atoms with Crippen molar-refractivity contribution in [1.82, 2.24) is 24.3 Å². The van der Waals surface area contributed by atoms with Crippen LogP contribution >= 0.6 is 38.2 Å². The number of aromatic nitrogens is 5. The van der Waals surface area contributed by atoms with Gasteiger partial charge in [0.2, 0.25) is 15.1 Å². The summed E-state index contributed by atoms with van der Waals surface area (Å²) in [7, 11) is 2.65. The van der Waals surface area contributed by atoms with Gasteiger partial charge < -0.3 is 37.5 Å². The van der Waals surface area contributed by atoms with Crippen molar-refractivity contribution in [3.05, 3.63) is 46.5 Å². The van der Waals surface area contributed by atoms with Gasteiger partial charge in [-0.15, -0.1) is 0 Å². The van der Waals surface area contributed by atoms with Crippen LogP contribution in [0.3, 0.4) is 0 Å². The lowest BCUT2D eigenvalue weighted by Crippen LogP contribution is -2.37. The Balaban J connectivity index is 1.08. The van der Waals surface area contributed by atoms with E-state index in [1.165, 1.54) is 27.7 Å². The molecule has 4 aliphatic heterocycles. The zero-order chi connectivity index (χ0) is 33.5. The molecule has 3 fully saturated rings. The summed E-state index contributed by atoms with van der Waals surface area (Å²) in [6.45, 7) is -0.656. The summed E-state index contributed by atoms with van der Waals surface area (Å²) >= 11 is 12.3. The number of alkyl halides is 2. The lowest BCUT2D eigenvalue weighted by molar-refractivity contribution is -0.0568. The molecule has 14 nitrogen and oxygen atoms in total. The summed E-state index contributed by atoms with van der Waals surface area (Å²) in [6, 6.07) is 4.75. The summed E-state index contributed by atoms with van der Waals surface area (Å²) in [5.41, 5.74) is 2.56. The van der Waals surface area contributed by atoms with Crippen molar-refractivity contribution in [3.63, 3.8) is 0 Å².